The first-order valence-electron chi connectivity index (χ1n) is 5.45. The van der Waals surface area contributed by atoms with Crippen LogP contribution in [0.2, 0.25) is 0 Å². The zero-order valence-corrected chi connectivity index (χ0v) is 8.52. The van der Waals surface area contributed by atoms with Crippen LogP contribution in [0.25, 0.3) is 11.1 Å². The fraction of sp³-hybridized carbons (Fsp3) is 0.417. The number of para-hydroxylation sites is 2. The van der Waals surface area contributed by atoms with Crippen molar-refractivity contribution < 1.29 is 4.42 Å². The third-order valence-corrected chi connectivity index (χ3v) is 3.20. The zero-order valence-electron chi connectivity index (χ0n) is 8.52. The van der Waals surface area contributed by atoms with E-state index in [2.05, 4.69) is 4.98 Å². The Kier molecular flexibility index (Phi) is 1.99. The van der Waals surface area contributed by atoms with Gasteiger partial charge in [-0.15, -0.1) is 0 Å². The van der Waals surface area contributed by atoms with Crippen LogP contribution in [0.3, 0.4) is 0 Å². The Morgan fingerprint density at radius 1 is 1.27 bits per heavy atom. The Hall–Kier alpha value is -1.35. The summed E-state index contributed by atoms with van der Waals surface area (Å²) in [5, 5.41) is 0. The van der Waals surface area contributed by atoms with Gasteiger partial charge >= 0.3 is 0 Å². The summed E-state index contributed by atoms with van der Waals surface area (Å²) >= 11 is 0. The van der Waals surface area contributed by atoms with Crippen molar-refractivity contribution in [1.29, 1.82) is 0 Å². The minimum Gasteiger partial charge on any atom is -0.440 e. The highest BCUT2D eigenvalue weighted by atomic mass is 16.3. The largest absolute Gasteiger partial charge is 0.440 e. The van der Waals surface area contributed by atoms with Gasteiger partial charge in [0.2, 0.25) is 0 Å². The van der Waals surface area contributed by atoms with Gasteiger partial charge in [0, 0.05) is 6.04 Å². The molecular formula is C12H14N2O. The quantitative estimate of drug-likeness (QED) is 0.772. The molecule has 0 saturated heterocycles. The Morgan fingerprint density at radius 2 is 2.13 bits per heavy atom. The van der Waals surface area contributed by atoms with Crippen LogP contribution in [0.5, 0.6) is 0 Å². The van der Waals surface area contributed by atoms with Crippen LogP contribution in [-0.2, 0) is 0 Å². The minimum atomic E-state index is 0.220. The number of benzene rings is 1. The average molecular weight is 202 g/mol. The Balaban J connectivity index is 2.04. The number of nitrogens with zero attached hydrogens (tertiary/aromatic N) is 1. The van der Waals surface area contributed by atoms with E-state index in [1.165, 1.54) is 6.42 Å². The lowest BCUT2D eigenvalue weighted by atomic mass is 10.1. The third-order valence-electron chi connectivity index (χ3n) is 3.20. The summed E-state index contributed by atoms with van der Waals surface area (Å²) in [6.45, 7) is 0. The molecule has 1 aromatic carbocycles. The predicted octanol–water partition coefficient (Wildman–Crippen LogP) is 2.42. The first-order chi connectivity index (χ1) is 7.34. The minimum absolute atomic E-state index is 0.220. The van der Waals surface area contributed by atoms with E-state index in [0.29, 0.717) is 5.92 Å². The number of nitrogens with two attached hydrogens (primary N) is 1. The molecule has 1 saturated carbocycles. The molecule has 1 heterocycles. The average Bonchev–Trinajstić information content (AvgIpc) is 2.82. The molecule has 1 aliphatic rings. The Labute approximate surface area is 88.3 Å². The number of hydrogen-bond donors (Lipinski definition) is 1. The SMILES string of the molecule is NC1CCCC1c1nc2ccccc2o1. The van der Waals surface area contributed by atoms with Crippen LogP contribution in [-0.4, -0.2) is 11.0 Å². The third kappa shape index (κ3) is 1.43. The lowest BCUT2D eigenvalue weighted by Crippen LogP contribution is -2.22. The second-order valence-electron chi connectivity index (χ2n) is 4.22. The molecule has 2 atom stereocenters. The zero-order chi connectivity index (χ0) is 10.3. The van der Waals surface area contributed by atoms with Crippen molar-refractivity contribution in [2.24, 2.45) is 5.73 Å². The van der Waals surface area contributed by atoms with Gasteiger partial charge < -0.3 is 10.2 Å². The number of fused-ring (bicyclic) bond motifs is 1. The van der Waals surface area contributed by atoms with E-state index in [1.54, 1.807) is 0 Å². The summed E-state index contributed by atoms with van der Waals surface area (Å²) in [7, 11) is 0. The molecule has 0 aliphatic heterocycles. The van der Waals surface area contributed by atoms with Gasteiger partial charge in [0.1, 0.15) is 5.52 Å². The maximum absolute atomic E-state index is 6.03. The van der Waals surface area contributed by atoms with Crippen LogP contribution in [0.4, 0.5) is 0 Å². The van der Waals surface area contributed by atoms with E-state index >= 15 is 0 Å². The van der Waals surface area contributed by atoms with E-state index in [-0.39, 0.29) is 6.04 Å². The smallest absolute Gasteiger partial charge is 0.200 e. The summed E-state index contributed by atoms with van der Waals surface area (Å²) in [5.74, 6) is 1.14. The van der Waals surface area contributed by atoms with Gasteiger partial charge in [0.25, 0.3) is 0 Å². The molecular weight excluding hydrogens is 188 g/mol. The van der Waals surface area contributed by atoms with Gasteiger partial charge in [-0.25, -0.2) is 4.98 Å². The maximum atomic E-state index is 6.03. The van der Waals surface area contributed by atoms with Gasteiger partial charge in [-0.3, -0.25) is 0 Å². The highest BCUT2D eigenvalue weighted by Crippen LogP contribution is 2.34. The summed E-state index contributed by atoms with van der Waals surface area (Å²) in [6, 6.07) is 8.09. The molecule has 1 aromatic heterocycles. The maximum Gasteiger partial charge on any atom is 0.200 e. The molecule has 0 amide bonds. The van der Waals surface area contributed by atoms with E-state index < -0.39 is 0 Å². The lowest BCUT2D eigenvalue weighted by molar-refractivity contribution is 0.449. The molecule has 3 nitrogen and oxygen atoms in total. The summed E-state index contributed by atoms with van der Waals surface area (Å²) in [5.41, 5.74) is 7.84. The molecule has 1 fully saturated rings. The van der Waals surface area contributed by atoms with Crippen LogP contribution >= 0.6 is 0 Å². The Bertz CT molecular complexity index is 444. The van der Waals surface area contributed by atoms with Crippen molar-refractivity contribution in [3.8, 4) is 0 Å². The van der Waals surface area contributed by atoms with Crippen molar-refractivity contribution in [3.05, 3.63) is 30.2 Å². The van der Waals surface area contributed by atoms with Crippen molar-refractivity contribution in [2.75, 3.05) is 0 Å². The van der Waals surface area contributed by atoms with E-state index in [4.69, 9.17) is 10.2 Å². The van der Waals surface area contributed by atoms with Crippen molar-refractivity contribution in [3.63, 3.8) is 0 Å². The highest BCUT2D eigenvalue weighted by molar-refractivity contribution is 5.72. The van der Waals surface area contributed by atoms with E-state index in [9.17, 15) is 0 Å². The van der Waals surface area contributed by atoms with E-state index in [1.807, 2.05) is 24.3 Å². The summed E-state index contributed by atoms with van der Waals surface area (Å²) in [6.07, 6.45) is 3.38. The molecule has 78 valence electrons. The molecule has 3 heteroatoms. The number of aromatic nitrogens is 1. The number of rotatable bonds is 1. The molecule has 15 heavy (non-hydrogen) atoms. The Morgan fingerprint density at radius 3 is 2.87 bits per heavy atom. The van der Waals surface area contributed by atoms with Crippen molar-refractivity contribution >= 4 is 11.1 Å². The summed E-state index contributed by atoms with van der Waals surface area (Å²) < 4.78 is 5.73. The fourth-order valence-corrected chi connectivity index (χ4v) is 2.34. The molecule has 1 aliphatic carbocycles. The van der Waals surface area contributed by atoms with Crippen molar-refractivity contribution in [2.45, 2.75) is 31.2 Å². The molecule has 0 radical (unpaired) electrons. The molecule has 2 unspecified atom stereocenters. The second kappa shape index (κ2) is 3.35. The molecule has 3 rings (SSSR count). The van der Waals surface area contributed by atoms with Crippen LogP contribution < -0.4 is 5.73 Å². The lowest BCUT2D eigenvalue weighted by Gasteiger charge is -2.09. The van der Waals surface area contributed by atoms with Gasteiger partial charge in [0.15, 0.2) is 11.5 Å². The summed E-state index contributed by atoms with van der Waals surface area (Å²) in [4.78, 5) is 4.50. The molecule has 0 bridgehead atoms. The highest BCUT2D eigenvalue weighted by Gasteiger charge is 2.29. The molecule has 2 aromatic rings. The van der Waals surface area contributed by atoms with Crippen molar-refractivity contribution in [1.82, 2.24) is 4.98 Å². The number of oxazole rings is 1. The fourth-order valence-electron chi connectivity index (χ4n) is 2.34. The van der Waals surface area contributed by atoms with Gasteiger partial charge in [-0.05, 0) is 25.0 Å². The first-order valence-corrected chi connectivity index (χ1v) is 5.45. The van der Waals surface area contributed by atoms with E-state index in [0.717, 1.165) is 29.8 Å². The van der Waals surface area contributed by atoms with Crippen LogP contribution in [0.1, 0.15) is 31.1 Å². The second-order valence-corrected chi connectivity index (χ2v) is 4.22. The normalized spacial score (nSPS) is 26.2. The van der Waals surface area contributed by atoms with Gasteiger partial charge in [-0.1, -0.05) is 18.6 Å². The number of hydrogen-bond acceptors (Lipinski definition) is 3. The first kappa shape index (κ1) is 8.92. The van der Waals surface area contributed by atoms with Crippen LogP contribution in [0.15, 0.2) is 28.7 Å². The van der Waals surface area contributed by atoms with Gasteiger partial charge in [0.05, 0.1) is 5.92 Å². The molecule has 2 N–H and O–H groups in total. The standard InChI is InChI=1S/C12H14N2O/c13-9-5-3-4-8(9)12-14-10-6-1-2-7-11(10)15-12/h1-2,6-9H,3-5,13H2. The predicted molar refractivity (Wildman–Crippen MR) is 58.6 cm³/mol. The van der Waals surface area contributed by atoms with Gasteiger partial charge in [-0.2, -0.15) is 0 Å². The monoisotopic (exact) mass is 202 g/mol. The van der Waals surface area contributed by atoms with Crippen LogP contribution in [0, 0.1) is 0 Å². The topological polar surface area (TPSA) is 52.0 Å². The molecule has 0 spiro atoms.